The normalized spacial score (nSPS) is 11.0. The van der Waals surface area contributed by atoms with Gasteiger partial charge < -0.3 is 14.4 Å². The van der Waals surface area contributed by atoms with E-state index in [9.17, 15) is 5.26 Å². The van der Waals surface area contributed by atoms with Crippen LogP contribution < -0.4 is 0 Å². The Morgan fingerprint density at radius 1 is 0.688 bits per heavy atom. The molecule has 8 rings (SSSR count). The van der Waals surface area contributed by atoms with Gasteiger partial charge in [0.15, 0.2) is 0 Å². The summed E-state index contributed by atoms with van der Waals surface area (Å²) in [5.74, 6) is 0. The summed E-state index contributed by atoms with van der Waals surface area (Å²) in [5, 5.41) is 14.1. The van der Waals surface area contributed by atoms with Gasteiger partial charge in [0, 0.05) is 43.4 Å². The fraction of sp³-hybridized carbons (Fsp3) is 0.0930. The van der Waals surface area contributed by atoms with Gasteiger partial charge >= 0.3 is 0 Å². The number of nitrogens with zero attached hydrogens (tertiary/aromatic N) is 3. The van der Waals surface area contributed by atoms with Crippen molar-refractivity contribution in [2.75, 3.05) is 0 Å². The fourth-order valence-electron chi connectivity index (χ4n) is 5.78. The van der Waals surface area contributed by atoms with Gasteiger partial charge in [-0.1, -0.05) is 98.5 Å². The summed E-state index contributed by atoms with van der Waals surface area (Å²) in [6, 6.07) is 48.9. The van der Waals surface area contributed by atoms with Crippen LogP contribution in [0.3, 0.4) is 0 Å². The Morgan fingerprint density at radius 3 is 2.19 bits per heavy atom. The monoisotopic (exact) mass is 798 g/mol. The van der Waals surface area contributed by atoms with Gasteiger partial charge in [-0.3, -0.25) is 0 Å². The second-order valence-corrected chi connectivity index (χ2v) is 12.4. The maximum atomic E-state index is 9.85. The molecule has 0 aliphatic heterocycles. The van der Waals surface area contributed by atoms with E-state index >= 15 is 0 Å². The maximum Gasteiger partial charge on any atom is 0.130 e. The molecule has 0 amide bonds. The Bertz CT molecular complexity index is 2390. The summed E-state index contributed by atoms with van der Waals surface area (Å²) in [6.45, 7) is 6.58. The molecular formula is C43H31IrN3O-2. The molecule has 0 bridgehead atoms. The molecule has 0 N–H and O–H groups in total. The number of pyridine rings is 2. The molecule has 3 aromatic heterocycles. The summed E-state index contributed by atoms with van der Waals surface area (Å²) < 4.78 is 6.46. The molecule has 0 aliphatic rings. The average Bonchev–Trinajstić information content (AvgIpc) is 3.51. The van der Waals surface area contributed by atoms with E-state index in [0.717, 1.165) is 60.8 Å². The molecule has 8 aromatic rings. The van der Waals surface area contributed by atoms with E-state index in [2.05, 4.69) is 91.4 Å². The second-order valence-electron chi connectivity index (χ2n) is 12.4. The predicted molar refractivity (Wildman–Crippen MR) is 191 cm³/mol. The first kappa shape index (κ1) is 32.5. The zero-order valence-electron chi connectivity index (χ0n) is 26.8. The molecule has 1 radical (unpaired) electrons. The molecule has 0 aliphatic carbocycles. The van der Waals surface area contributed by atoms with Crippen molar-refractivity contribution in [1.82, 2.24) is 9.97 Å². The Labute approximate surface area is 294 Å². The number of furan rings is 1. The number of rotatable bonds is 3. The minimum atomic E-state index is 0. The van der Waals surface area contributed by atoms with Gasteiger partial charge in [-0.05, 0) is 56.9 Å². The predicted octanol–water partition coefficient (Wildman–Crippen LogP) is 11.0. The van der Waals surface area contributed by atoms with Crippen molar-refractivity contribution < 1.29 is 24.5 Å². The van der Waals surface area contributed by atoms with Gasteiger partial charge in [0.2, 0.25) is 0 Å². The molecule has 5 heteroatoms. The number of fused-ring (bicyclic) bond motifs is 4. The molecule has 3 heterocycles. The van der Waals surface area contributed by atoms with Gasteiger partial charge in [0.05, 0.1) is 17.2 Å². The van der Waals surface area contributed by atoms with E-state index in [-0.39, 0.29) is 25.5 Å². The van der Waals surface area contributed by atoms with Crippen LogP contribution in [0, 0.1) is 23.5 Å². The second kappa shape index (κ2) is 13.8. The molecule has 0 spiro atoms. The smallest absolute Gasteiger partial charge is 0.130 e. The first-order valence-electron chi connectivity index (χ1n) is 15.5. The first-order chi connectivity index (χ1) is 22.9. The van der Waals surface area contributed by atoms with E-state index < -0.39 is 0 Å². The zero-order chi connectivity index (χ0) is 32.4. The molecule has 5 aromatic carbocycles. The minimum Gasteiger partial charge on any atom is -0.500 e. The van der Waals surface area contributed by atoms with E-state index in [0.29, 0.717) is 11.1 Å². The fourth-order valence-corrected chi connectivity index (χ4v) is 5.78. The first-order valence-corrected chi connectivity index (χ1v) is 15.5. The van der Waals surface area contributed by atoms with Crippen LogP contribution in [0.15, 0.2) is 138 Å². The SMILES string of the molecule is CC(C)(C)c1ccc(-c2[c-]cccc2)nc1.N#Cc1ccc2c(oc3c(-c4ccccn4)[c-]ccc32)c1-c1ccc2ccccc2c1.[Ir]. The van der Waals surface area contributed by atoms with Crippen molar-refractivity contribution in [2.45, 2.75) is 26.2 Å². The summed E-state index contributed by atoms with van der Waals surface area (Å²) >= 11 is 0. The van der Waals surface area contributed by atoms with E-state index in [1.54, 1.807) is 6.20 Å². The van der Waals surface area contributed by atoms with Crippen molar-refractivity contribution in [1.29, 1.82) is 5.26 Å². The van der Waals surface area contributed by atoms with Crippen LogP contribution in [-0.4, -0.2) is 9.97 Å². The van der Waals surface area contributed by atoms with E-state index in [4.69, 9.17) is 4.42 Å². The largest absolute Gasteiger partial charge is 0.500 e. The Kier molecular flexibility index (Phi) is 9.33. The molecule has 0 atom stereocenters. The van der Waals surface area contributed by atoms with Gasteiger partial charge in [-0.2, -0.15) is 5.26 Å². The molecule has 0 saturated heterocycles. The number of benzene rings is 5. The van der Waals surface area contributed by atoms with Crippen molar-refractivity contribution in [3.8, 4) is 39.7 Å². The van der Waals surface area contributed by atoms with Gasteiger partial charge in [-0.25, -0.2) is 0 Å². The Balaban J connectivity index is 0.000000201. The van der Waals surface area contributed by atoms with E-state index in [1.807, 2.05) is 85.1 Å². The quantitative estimate of drug-likeness (QED) is 0.167. The zero-order valence-corrected chi connectivity index (χ0v) is 29.2. The van der Waals surface area contributed by atoms with Crippen LogP contribution >= 0.6 is 0 Å². The van der Waals surface area contributed by atoms with Gasteiger partial charge in [0.1, 0.15) is 5.58 Å². The third kappa shape index (κ3) is 6.42. The third-order valence-electron chi connectivity index (χ3n) is 8.30. The van der Waals surface area contributed by atoms with Crippen LogP contribution in [0.4, 0.5) is 0 Å². The minimum absolute atomic E-state index is 0. The van der Waals surface area contributed by atoms with Crippen LogP contribution in [-0.2, 0) is 25.5 Å². The molecule has 0 unspecified atom stereocenters. The Hall–Kier alpha value is -5.40. The molecule has 0 saturated carbocycles. The standard InChI is InChI=1S/C28H15N2O.C15H16N.Ir/c29-17-21-13-14-23-22-8-5-9-24(25-10-3-4-15-30-25)27(22)31-28(23)26(21)20-12-11-18-6-1-2-7-19(18)16-20;1-15(2,3)13-9-10-14(16-11-13)12-7-5-4-6-8-12;/h1-8,10-16H;4-7,9-11H,1-3H3;/q2*-1;. The number of aromatic nitrogens is 2. The number of hydrogen-bond acceptors (Lipinski definition) is 4. The topological polar surface area (TPSA) is 62.7 Å². The summed E-state index contributed by atoms with van der Waals surface area (Å²) in [5.41, 5.74) is 8.86. The Morgan fingerprint density at radius 2 is 1.48 bits per heavy atom. The summed E-state index contributed by atoms with van der Waals surface area (Å²) in [4.78, 5) is 8.96. The van der Waals surface area contributed by atoms with Gasteiger partial charge in [0.25, 0.3) is 0 Å². The van der Waals surface area contributed by atoms with E-state index in [1.165, 1.54) is 5.56 Å². The van der Waals surface area contributed by atoms with Crippen molar-refractivity contribution in [3.05, 3.63) is 157 Å². The number of hydrogen-bond donors (Lipinski definition) is 0. The molecular weight excluding hydrogens is 767 g/mol. The van der Waals surface area contributed by atoms with Crippen molar-refractivity contribution in [3.63, 3.8) is 0 Å². The van der Waals surface area contributed by atoms with Crippen molar-refractivity contribution >= 4 is 32.7 Å². The molecule has 0 fully saturated rings. The summed E-state index contributed by atoms with van der Waals surface area (Å²) in [7, 11) is 0. The van der Waals surface area contributed by atoms with Crippen LogP contribution in [0.1, 0.15) is 31.9 Å². The average molecular weight is 798 g/mol. The van der Waals surface area contributed by atoms with Crippen LogP contribution in [0.25, 0.3) is 66.4 Å². The maximum absolute atomic E-state index is 9.85. The van der Waals surface area contributed by atoms with Crippen LogP contribution in [0.5, 0.6) is 0 Å². The molecule has 4 nitrogen and oxygen atoms in total. The summed E-state index contributed by atoms with van der Waals surface area (Å²) in [6.07, 6.45) is 3.72. The molecule has 48 heavy (non-hydrogen) atoms. The van der Waals surface area contributed by atoms with Gasteiger partial charge in [-0.15, -0.1) is 54.1 Å². The molecule has 235 valence electrons. The van der Waals surface area contributed by atoms with Crippen LogP contribution in [0.2, 0.25) is 0 Å². The van der Waals surface area contributed by atoms with Crippen molar-refractivity contribution in [2.24, 2.45) is 0 Å². The third-order valence-corrected chi connectivity index (χ3v) is 8.30. The number of nitriles is 1.